The second-order valence-electron chi connectivity index (χ2n) is 7.10. The van der Waals surface area contributed by atoms with Gasteiger partial charge in [-0.2, -0.15) is 0 Å². The fraction of sp³-hybridized carbons (Fsp3) is 0.600. The highest BCUT2D eigenvalue weighted by atomic mass is 127. The highest BCUT2D eigenvalue weighted by Crippen LogP contribution is 2.43. The lowest BCUT2D eigenvalue weighted by Gasteiger charge is -2.42. The van der Waals surface area contributed by atoms with Crippen LogP contribution in [-0.2, 0) is 16.0 Å². The van der Waals surface area contributed by atoms with Gasteiger partial charge in [-0.15, -0.1) is 24.0 Å². The number of aliphatic imine (C=N–C) groups is 1. The van der Waals surface area contributed by atoms with E-state index in [0.717, 1.165) is 31.1 Å². The summed E-state index contributed by atoms with van der Waals surface area (Å²) < 4.78 is 18.1. The summed E-state index contributed by atoms with van der Waals surface area (Å²) in [6.07, 6.45) is 5.03. The first-order valence-corrected chi connectivity index (χ1v) is 9.51. The molecule has 28 heavy (non-hydrogen) atoms. The van der Waals surface area contributed by atoms with E-state index in [2.05, 4.69) is 20.9 Å². The zero-order chi connectivity index (χ0) is 19.5. The number of guanidine groups is 1. The van der Waals surface area contributed by atoms with Crippen molar-refractivity contribution in [3.05, 3.63) is 35.6 Å². The maximum Gasteiger partial charge on any atom is 0.224 e. The normalized spacial score (nSPS) is 15.2. The summed E-state index contributed by atoms with van der Waals surface area (Å²) in [5, 5.41) is 9.46. The minimum Gasteiger partial charge on any atom is -0.385 e. The quantitative estimate of drug-likeness (QED) is 0.197. The lowest BCUT2D eigenvalue weighted by molar-refractivity contribution is -0.120. The predicted molar refractivity (Wildman–Crippen MR) is 121 cm³/mol. The summed E-state index contributed by atoms with van der Waals surface area (Å²) in [6.45, 7) is 2.75. The molecule has 1 amide bonds. The average Bonchev–Trinajstić information content (AvgIpc) is 2.64. The Labute approximate surface area is 184 Å². The molecular weight excluding hydrogens is 474 g/mol. The topological polar surface area (TPSA) is 74.8 Å². The smallest absolute Gasteiger partial charge is 0.224 e. The number of ether oxygens (including phenoxy) is 1. The second-order valence-corrected chi connectivity index (χ2v) is 7.10. The molecule has 0 unspecified atom stereocenters. The molecule has 0 aromatic heterocycles. The molecule has 1 fully saturated rings. The van der Waals surface area contributed by atoms with Crippen LogP contribution < -0.4 is 16.0 Å². The molecule has 6 nitrogen and oxygen atoms in total. The van der Waals surface area contributed by atoms with Gasteiger partial charge in [0.25, 0.3) is 0 Å². The molecule has 1 aromatic carbocycles. The molecule has 3 N–H and O–H groups in total. The van der Waals surface area contributed by atoms with Gasteiger partial charge in [0, 0.05) is 40.4 Å². The van der Waals surface area contributed by atoms with Gasteiger partial charge in [0.2, 0.25) is 5.91 Å². The minimum atomic E-state index is -0.298. The minimum absolute atomic E-state index is 0. The number of hydrogen-bond donors (Lipinski definition) is 3. The number of nitrogens with zero attached hydrogens (tertiary/aromatic N) is 1. The molecule has 1 aromatic rings. The van der Waals surface area contributed by atoms with Gasteiger partial charge in [-0.05, 0) is 42.4 Å². The number of nitrogens with one attached hydrogen (secondary N) is 3. The molecule has 0 heterocycles. The Kier molecular flexibility index (Phi) is 11.4. The molecule has 1 aliphatic rings. The summed E-state index contributed by atoms with van der Waals surface area (Å²) in [5.41, 5.74) is 1.11. The summed E-state index contributed by atoms with van der Waals surface area (Å²) in [6, 6.07) is 5.97. The van der Waals surface area contributed by atoms with E-state index < -0.39 is 0 Å². The van der Waals surface area contributed by atoms with E-state index in [0.29, 0.717) is 18.5 Å². The molecule has 1 saturated carbocycles. The number of hydrogen-bond acceptors (Lipinski definition) is 3. The number of benzene rings is 1. The van der Waals surface area contributed by atoms with Crippen LogP contribution in [0.1, 0.15) is 31.2 Å². The van der Waals surface area contributed by atoms with E-state index in [1.165, 1.54) is 31.4 Å². The van der Waals surface area contributed by atoms with Crippen molar-refractivity contribution in [2.75, 3.05) is 40.4 Å². The van der Waals surface area contributed by atoms with Crippen molar-refractivity contribution >= 4 is 35.8 Å². The number of carbonyl (C=O) groups excluding carboxylic acids is 1. The Morgan fingerprint density at radius 1 is 1.18 bits per heavy atom. The monoisotopic (exact) mass is 506 g/mol. The molecule has 0 atom stereocenters. The van der Waals surface area contributed by atoms with Gasteiger partial charge in [-0.25, -0.2) is 4.39 Å². The van der Waals surface area contributed by atoms with Crippen LogP contribution in [0.2, 0.25) is 0 Å². The fourth-order valence-corrected chi connectivity index (χ4v) is 3.24. The van der Waals surface area contributed by atoms with Gasteiger partial charge in [0.15, 0.2) is 5.96 Å². The Morgan fingerprint density at radius 2 is 1.86 bits per heavy atom. The number of halogens is 2. The van der Waals surface area contributed by atoms with E-state index in [1.54, 1.807) is 26.3 Å². The molecule has 1 aliphatic carbocycles. The van der Waals surface area contributed by atoms with Crippen LogP contribution in [0.15, 0.2) is 29.3 Å². The second kappa shape index (κ2) is 12.9. The largest absolute Gasteiger partial charge is 0.385 e. The van der Waals surface area contributed by atoms with Crippen molar-refractivity contribution in [3.63, 3.8) is 0 Å². The lowest BCUT2D eigenvalue weighted by atomic mass is 9.67. The molecule has 8 heteroatoms. The first-order valence-electron chi connectivity index (χ1n) is 9.51. The standard InChI is InChI=1S/C20H31FN4O2.HI/c1-22-19(25-15-20(8-3-9-20)10-13-27-2)24-12-11-23-18(26)14-16-4-6-17(21)7-5-16;/h4-7H,3,8-15H2,1-2H3,(H,23,26)(H2,22,24,25);1H. The number of carbonyl (C=O) groups is 1. The average molecular weight is 506 g/mol. The van der Waals surface area contributed by atoms with E-state index in [-0.39, 0.29) is 42.1 Å². The van der Waals surface area contributed by atoms with Crippen molar-refractivity contribution in [2.24, 2.45) is 10.4 Å². The number of amides is 1. The summed E-state index contributed by atoms with van der Waals surface area (Å²) in [5.74, 6) is 0.360. The molecule has 0 saturated heterocycles. The Bertz CT molecular complexity index is 621. The first-order chi connectivity index (χ1) is 13.1. The summed E-state index contributed by atoms with van der Waals surface area (Å²) in [7, 11) is 3.48. The van der Waals surface area contributed by atoms with Gasteiger partial charge >= 0.3 is 0 Å². The molecular formula is C20H32FIN4O2. The van der Waals surface area contributed by atoms with E-state index >= 15 is 0 Å². The van der Waals surface area contributed by atoms with Crippen molar-refractivity contribution in [1.29, 1.82) is 0 Å². The van der Waals surface area contributed by atoms with Crippen molar-refractivity contribution in [3.8, 4) is 0 Å². The zero-order valence-corrected chi connectivity index (χ0v) is 19.1. The van der Waals surface area contributed by atoms with Gasteiger partial charge in [-0.3, -0.25) is 9.79 Å². The molecule has 0 radical (unpaired) electrons. The van der Waals surface area contributed by atoms with Crippen LogP contribution in [0.25, 0.3) is 0 Å². The van der Waals surface area contributed by atoms with Crippen LogP contribution in [-0.4, -0.2) is 52.3 Å². The number of methoxy groups -OCH3 is 1. The third kappa shape index (κ3) is 8.30. The predicted octanol–water partition coefficient (Wildman–Crippen LogP) is 2.47. The molecule has 0 bridgehead atoms. The molecule has 0 aliphatic heterocycles. The zero-order valence-electron chi connectivity index (χ0n) is 16.7. The van der Waals surface area contributed by atoms with E-state index in [1.807, 2.05) is 0 Å². The van der Waals surface area contributed by atoms with Crippen molar-refractivity contribution in [1.82, 2.24) is 16.0 Å². The summed E-state index contributed by atoms with van der Waals surface area (Å²) in [4.78, 5) is 16.2. The first kappa shape index (κ1) is 24.6. The maximum absolute atomic E-state index is 12.9. The van der Waals surface area contributed by atoms with Crippen LogP contribution in [0, 0.1) is 11.2 Å². The number of rotatable bonds is 10. The highest BCUT2D eigenvalue weighted by molar-refractivity contribution is 14.0. The van der Waals surface area contributed by atoms with Crippen LogP contribution in [0.5, 0.6) is 0 Å². The van der Waals surface area contributed by atoms with Crippen LogP contribution >= 0.6 is 24.0 Å². The third-order valence-electron chi connectivity index (χ3n) is 5.12. The van der Waals surface area contributed by atoms with E-state index in [9.17, 15) is 9.18 Å². The highest BCUT2D eigenvalue weighted by Gasteiger charge is 2.36. The van der Waals surface area contributed by atoms with Gasteiger partial charge in [-0.1, -0.05) is 18.6 Å². The fourth-order valence-electron chi connectivity index (χ4n) is 3.24. The molecule has 2 rings (SSSR count). The third-order valence-corrected chi connectivity index (χ3v) is 5.12. The van der Waals surface area contributed by atoms with Crippen LogP contribution in [0.4, 0.5) is 4.39 Å². The summed E-state index contributed by atoms with van der Waals surface area (Å²) >= 11 is 0. The van der Waals surface area contributed by atoms with Gasteiger partial charge < -0.3 is 20.7 Å². The Balaban J connectivity index is 0.00000392. The molecule has 158 valence electrons. The SMILES string of the molecule is CN=C(NCCNC(=O)Cc1ccc(F)cc1)NCC1(CCOC)CCC1.I. The Morgan fingerprint density at radius 3 is 2.43 bits per heavy atom. The van der Waals surface area contributed by atoms with E-state index in [4.69, 9.17) is 4.74 Å². The van der Waals surface area contributed by atoms with Crippen molar-refractivity contribution in [2.45, 2.75) is 32.1 Å². The van der Waals surface area contributed by atoms with Crippen molar-refractivity contribution < 1.29 is 13.9 Å². The molecule has 0 spiro atoms. The van der Waals surface area contributed by atoms with Crippen LogP contribution in [0.3, 0.4) is 0 Å². The van der Waals surface area contributed by atoms with Gasteiger partial charge in [0.1, 0.15) is 5.82 Å². The van der Waals surface area contributed by atoms with Gasteiger partial charge in [0.05, 0.1) is 6.42 Å². The lowest BCUT2D eigenvalue weighted by Crippen LogP contribution is -2.48. The maximum atomic E-state index is 12.9. The Hall–Kier alpha value is -1.42.